The first kappa shape index (κ1) is 26.8. The van der Waals surface area contributed by atoms with Crippen molar-refractivity contribution in [3.63, 3.8) is 0 Å². The predicted octanol–water partition coefficient (Wildman–Crippen LogP) is 6.85. The van der Waals surface area contributed by atoms with Crippen LogP contribution in [0.1, 0.15) is 40.9 Å². The van der Waals surface area contributed by atoms with Crippen LogP contribution < -0.4 is 10.1 Å². The van der Waals surface area contributed by atoms with E-state index in [1.165, 1.54) is 19.1 Å². The number of alkyl halides is 4. The molecule has 2 N–H and O–H groups in total. The summed E-state index contributed by atoms with van der Waals surface area (Å²) in [6.45, 7) is 0.943. The quantitative estimate of drug-likeness (QED) is 0.323. The van der Waals surface area contributed by atoms with Gasteiger partial charge in [-0.25, -0.2) is 18.2 Å². The molecule has 0 saturated carbocycles. The molecule has 0 aliphatic carbocycles. The van der Waals surface area contributed by atoms with Gasteiger partial charge in [0.05, 0.1) is 32.9 Å². The number of carbonyl (C=O) groups is 1. The summed E-state index contributed by atoms with van der Waals surface area (Å²) in [5, 5.41) is 11.5. The molecule has 0 aliphatic rings. The van der Waals surface area contributed by atoms with Gasteiger partial charge in [-0.15, -0.1) is 11.3 Å². The zero-order valence-electron chi connectivity index (χ0n) is 18.0. The Balaban J connectivity index is 2.12. The zero-order valence-corrected chi connectivity index (χ0v) is 19.6. The van der Waals surface area contributed by atoms with E-state index in [9.17, 15) is 31.9 Å². The highest BCUT2D eigenvalue weighted by Crippen LogP contribution is 2.38. The van der Waals surface area contributed by atoms with Crippen molar-refractivity contribution in [2.24, 2.45) is 0 Å². The van der Waals surface area contributed by atoms with Crippen molar-refractivity contribution < 1.29 is 41.0 Å². The average molecular weight is 539 g/mol. The van der Waals surface area contributed by atoms with E-state index in [0.29, 0.717) is 13.0 Å². The minimum absolute atomic E-state index is 0.101. The zero-order chi connectivity index (χ0) is 26.1. The van der Waals surface area contributed by atoms with Crippen LogP contribution in [0.25, 0.3) is 10.6 Å². The topological polar surface area (TPSA) is 71.5 Å². The summed E-state index contributed by atoms with van der Waals surface area (Å²) in [5.41, 5.74) is -1.70. The number of halogens is 7. The first-order valence-electron chi connectivity index (χ1n) is 9.89. The van der Waals surface area contributed by atoms with Crippen molar-refractivity contribution in [1.82, 2.24) is 4.98 Å². The smallest absolute Gasteiger partial charge is 0.425 e. The van der Waals surface area contributed by atoms with Crippen molar-refractivity contribution in [3.8, 4) is 16.3 Å². The molecule has 1 unspecified atom stereocenters. The number of hydrogen-bond acceptors (Lipinski definition) is 5. The van der Waals surface area contributed by atoms with Crippen molar-refractivity contribution >= 4 is 34.5 Å². The Kier molecular flexibility index (Phi) is 7.97. The maximum atomic E-state index is 15.0. The molecule has 0 saturated heterocycles. The summed E-state index contributed by atoms with van der Waals surface area (Å²) in [6.07, 6.45) is -8.37. The van der Waals surface area contributed by atoms with Crippen LogP contribution in [-0.2, 0) is 6.67 Å². The van der Waals surface area contributed by atoms with Gasteiger partial charge in [0, 0.05) is 5.56 Å². The molecular formula is C22H17ClF6N2O3S. The molecule has 0 fully saturated rings. The number of ether oxygens (including phenoxy) is 1. The Bertz CT molecular complexity index is 1230. The molecule has 2 atom stereocenters. The van der Waals surface area contributed by atoms with Crippen molar-refractivity contribution in [2.45, 2.75) is 38.9 Å². The Labute approximate surface area is 204 Å². The standard InChI is InChI=1S/C22H17ClF6N2O3S/c1-9(32)19-16(8-24)30-21(35-19)11-7-17(34-10(2)22(27,28)29)12(6-15(11)26)20(33)31-18-13(23)4-3-5-14(18)25/h3-7,9-10,32H,8H2,1-2H3,(H,31,33)/t9?,10-/m0/s1. The summed E-state index contributed by atoms with van der Waals surface area (Å²) in [7, 11) is 0. The molecule has 0 bridgehead atoms. The molecule has 5 nitrogen and oxygen atoms in total. The van der Waals surface area contributed by atoms with Crippen LogP contribution in [0.3, 0.4) is 0 Å². The fourth-order valence-corrected chi connectivity index (χ4v) is 4.18. The fourth-order valence-electron chi connectivity index (χ4n) is 2.95. The lowest BCUT2D eigenvalue weighted by Gasteiger charge is -2.20. The minimum atomic E-state index is -4.83. The number of anilines is 1. The SMILES string of the molecule is CC(O)c1sc(-c2cc(O[C@@H](C)C(F)(F)F)c(C(=O)Nc3c(F)cccc3Cl)cc2F)nc1CF. The molecule has 2 aromatic carbocycles. The van der Waals surface area contributed by atoms with E-state index in [4.69, 9.17) is 16.3 Å². The molecule has 13 heteroatoms. The number of aromatic nitrogens is 1. The Hall–Kier alpha value is -2.83. The van der Waals surface area contributed by atoms with E-state index in [1.807, 2.05) is 0 Å². The molecule has 0 radical (unpaired) electrons. The number of para-hydroxylation sites is 1. The van der Waals surface area contributed by atoms with Gasteiger partial charge in [-0.2, -0.15) is 13.2 Å². The Morgan fingerprint density at radius 3 is 2.46 bits per heavy atom. The number of nitrogens with zero attached hydrogens (tertiary/aromatic N) is 1. The fraction of sp³-hybridized carbons (Fsp3) is 0.273. The summed E-state index contributed by atoms with van der Waals surface area (Å²) in [6, 6.07) is 4.91. The van der Waals surface area contributed by atoms with Gasteiger partial charge >= 0.3 is 6.18 Å². The summed E-state index contributed by atoms with van der Waals surface area (Å²) < 4.78 is 86.9. The molecule has 1 amide bonds. The summed E-state index contributed by atoms with van der Waals surface area (Å²) in [4.78, 5) is 16.8. The lowest BCUT2D eigenvalue weighted by atomic mass is 10.1. The van der Waals surface area contributed by atoms with Crippen LogP contribution in [0.2, 0.25) is 5.02 Å². The first-order valence-corrected chi connectivity index (χ1v) is 11.1. The van der Waals surface area contributed by atoms with Crippen molar-refractivity contribution in [3.05, 3.63) is 63.1 Å². The number of rotatable bonds is 7. The maximum absolute atomic E-state index is 15.0. The first-order chi connectivity index (χ1) is 16.3. The van der Waals surface area contributed by atoms with Crippen LogP contribution in [0, 0.1) is 11.6 Å². The number of aliphatic hydroxyl groups is 1. The number of benzene rings is 2. The number of thiazole rings is 1. The summed E-state index contributed by atoms with van der Waals surface area (Å²) in [5.74, 6) is -3.91. The highest BCUT2D eigenvalue weighted by molar-refractivity contribution is 7.15. The van der Waals surface area contributed by atoms with Gasteiger partial charge in [0.1, 0.15) is 29.1 Å². The summed E-state index contributed by atoms with van der Waals surface area (Å²) >= 11 is 6.60. The van der Waals surface area contributed by atoms with E-state index >= 15 is 4.39 Å². The third-order valence-corrected chi connectivity index (χ3v) is 6.36. The predicted molar refractivity (Wildman–Crippen MR) is 118 cm³/mol. The van der Waals surface area contributed by atoms with Crippen LogP contribution in [0.15, 0.2) is 30.3 Å². The van der Waals surface area contributed by atoms with Gasteiger partial charge in [-0.3, -0.25) is 4.79 Å². The average Bonchev–Trinajstić information content (AvgIpc) is 3.21. The van der Waals surface area contributed by atoms with Crippen LogP contribution in [-0.4, -0.2) is 28.3 Å². The number of carbonyl (C=O) groups excluding carboxylic acids is 1. The van der Waals surface area contributed by atoms with Gasteiger partial charge < -0.3 is 15.2 Å². The second kappa shape index (κ2) is 10.4. The molecule has 0 aliphatic heterocycles. The third kappa shape index (κ3) is 5.88. The largest absolute Gasteiger partial charge is 0.480 e. The van der Waals surface area contributed by atoms with Gasteiger partial charge in [0.2, 0.25) is 0 Å². The van der Waals surface area contributed by atoms with Crippen LogP contribution in [0.5, 0.6) is 5.75 Å². The minimum Gasteiger partial charge on any atom is -0.480 e. The Morgan fingerprint density at radius 2 is 1.91 bits per heavy atom. The molecule has 0 spiro atoms. The maximum Gasteiger partial charge on any atom is 0.425 e. The Morgan fingerprint density at radius 1 is 1.23 bits per heavy atom. The van der Waals surface area contributed by atoms with E-state index in [2.05, 4.69) is 10.3 Å². The monoisotopic (exact) mass is 538 g/mol. The molecule has 35 heavy (non-hydrogen) atoms. The number of nitrogens with one attached hydrogen (secondary N) is 1. The second-order valence-corrected chi connectivity index (χ2v) is 8.76. The molecule has 1 aromatic heterocycles. The van der Waals surface area contributed by atoms with Crippen LogP contribution in [0.4, 0.5) is 32.0 Å². The molecule has 3 rings (SSSR count). The van der Waals surface area contributed by atoms with E-state index in [1.54, 1.807) is 0 Å². The number of aliphatic hydroxyl groups excluding tert-OH is 1. The van der Waals surface area contributed by atoms with Gasteiger partial charge in [-0.05, 0) is 38.1 Å². The van der Waals surface area contributed by atoms with Crippen molar-refractivity contribution in [2.75, 3.05) is 5.32 Å². The third-order valence-electron chi connectivity index (χ3n) is 4.74. The van der Waals surface area contributed by atoms with E-state index < -0.39 is 59.6 Å². The lowest BCUT2D eigenvalue weighted by molar-refractivity contribution is -0.189. The highest BCUT2D eigenvalue weighted by atomic mass is 35.5. The molecule has 188 valence electrons. The van der Waals surface area contributed by atoms with E-state index in [0.717, 1.165) is 23.5 Å². The molecular weight excluding hydrogens is 522 g/mol. The highest BCUT2D eigenvalue weighted by Gasteiger charge is 2.39. The lowest BCUT2D eigenvalue weighted by Crippen LogP contribution is -2.32. The van der Waals surface area contributed by atoms with Crippen molar-refractivity contribution in [1.29, 1.82) is 0 Å². The van der Waals surface area contributed by atoms with Gasteiger partial charge in [0.25, 0.3) is 5.91 Å². The van der Waals surface area contributed by atoms with Gasteiger partial charge in [0.15, 0.2) is 6.10 Å². The number of hydrogen-bond donors (Lipinski definition) is 2. The van der Waals surface area contributed by atoms with Crippen LogP contribution >= 0.6 is 22.9 Å². The number of amides is 1. The normalized spacial score (nSPS) is 13.4. The molecule has 3 aromatic rings. The molecule has 1 heterocycles. The second-order valence-electron chi connectivity index (χ2n) is 7.32. The van der Waals surface area contributed by atoms with Gasteiger partial charge in [-0.1, -0.05) is 17.7 Å². The van der Waals surface area contributed by atoms with E-state index in [-0.39, 0.29) is 26.2 Å².